The van der Waals surface area contributed by atoms with Gasteiger partial charge in [-0.05, 0) is 48.5 Å². The molecule has 2 N–H and O–H groups in total. The maximum atomic E-state index is 16.1. The maximum absolute atomic E-state index is 16.1. The lowest BCUT2D eigenvalue weighted by atomic mass is 9.95. The minimum atomic E-state index is -0.635. The number of aromatic hydroxyl groups is 1. The summed E-state index contributed by atoms with van der Waals surface area (Å²) in [6.07, 6.45) is 12.7. The van der Waals surface area contributed by atoms with Crippen molar-refractivity contribution in [2.45, 2.75) is 12.5 Å². The third kappa shape index (κ3) is 2.76. The van der Waals surface area contributed by atoms with Gasteiger partial charge in [0.05, 0.1) is 11.3 Å². The number of halogens is 2. The van der Waals surface area contributed by atoms with Crippen LogP contribution in [0.2, 0.25) is 0 Å². The zero-order valence-corrected chi connectivity index (χ0v) is 17.4. The molecule has 1 unspecified atom stereocenters. The van der Waals surface area contributed by atoms with E-state index in [9.17, 15) is 9.50 Å². The molecule has 1 saturated carbocycles. The van der Waals surface area contributed by atoms with Crippen molar-refractivity contribution < 1.29 is 13.9 Å². The minimum absolute atomic E-state index is 0.0140. The third-order valence-electron chi connectivity index (χ3n) is 6.86. The van der Waals surface area contributed by atoms with E-state index >= 15 is 4.39 Å². The molecule has 2 aromatic heterocycles. The van der Waals surface area contributed by atoms with Gasteiger partial charge >= 0.3 is 0 Å². The largest absolute Gasteiger partial charge is 0.508 e. The van der Waals surface area contributed by atoms with Crippen molar-refractivity contribution in [1.29, 1.82) is 0 Å². The summed E-state index contributed by atoms with van der Waals surface area (Å²) in [6.45, 7) is 1.94. The number of piperidine rings is 1. The van der Waals surface area contributed by atoms with E-state index in [0.29, 0.717) is 28.0 Å². The van der Waals surface area contributed by atoms with Gasteiger partial charge < -0.3 is 10.4 Å². The SMILES string of the molecule is C#CCn1nc(C2[C@H]3CNC[C@@H]23)c2cnc(-c3cc(O)cc4ccc(F)c(C#C)c34)c(F)c21. The molecule has 0 spiro atoms. The van der Waals surface area contributed by atoms with Crippen molar-refractivity contribution in [3.05, 3.63) is 53.4 Å². The van der Waals surface area contributed by atoms with Gasteiger partial charge in [-0.2, -0.15) is 5.10 Å². The van der Waals surface area contributed by atoms with E-state index in [1.54, 1.807) is 6.20 Å². The van der Waals surface area contributed by atoms with Crippen molar-refractivity contribution in [1.82, 2.24) is 20.1 Å². The summed E-state index contributed by atoms with van der Waals surface area (Å²) in [5, 5.41) is 19.7. The zero-order chi connectivity index (χ0) is 22.9. The first-order valence-corrected chi connectivity index (χ1v) is 10.6. The molecule has 5 nitrogen and oxygen atoms in total. The number of hydrogen-bond donors (Lipinski definition) is 2. The number of phenolic OH excluding ortho intramolecular Hbond substituents is 1. The van der Waals surface area contributed by atoms with Gasteiger partial charge in [-0.1, -0.05) is 17.9 Å². The van der Waals surface area contributed by atoms with E-state index < -0.39 is 11.6 Å². The summed E-state index contributed by atoms with van der Waals surface area (Å²) < 4.78 is 32.1. The molecule has 7 heteroatoms. The van der Waals surface area contributed by atoms with Crippen LogP contribution >= 0.6 is 0 Å². The predicted molar refractivity (Wildman–Crippen MR) is 121 cm³/mol. The average Bonchev–Trinajstić information content (AvgIpc) is 3.11. The van der Waals surface area contributed by atoms with Crippen LogP contribution in [-0.2, 0) is 6.54 Å². The highest BCUT2D eigenvalue weighted by molar-refractivity contribution is 6.02. The molecule has 6 rings (SSSR count). The summed E-state index contributed by atoms with van der Waals surface area (Å²) in [6, 6.07) is 5.52. The Morgan fingerprint density at radius 3 is 2.70 bits per heavy atom. The van der Waals surface area contributed by atoms with Crippen LogP contribution in [0.25, 0.3) is 32.9 Å². The summed E-state index contributed by atoms with van der Waals surface area (Å²) in [5.74, 6) is 4.77. The second-order valence-electron chi connectivity index (χ2n) is 8.60. The monoisotopic (exact) mass is 440 g/mol. The van der Waals surface area contributed by atoms with Gasteiger partial charge in [-0.25, -0.2) is 13.5 Å². The second kappa shape index (κ2) is 7.03. The highest BCUT2D eigenvalue weighted by atomic mass is 19.1. The Balaban J connectivity index is 1.63. The van der Waals surface area contributed by atoms with Gasteiger partial charge in [0.2, 0.25) is 0 Å². The Labute approximate surface area is 188 Å². The highest BCUT2D eigenvalue weighted by Gasteiger charge is 2.55. The maximum Gasteiger partial charge on any atom is 0.175 e. The van der Waals surface area contributed by atoms with Gasteiger partial charge in [0, 0.05) is 28.5 Å². The molecule has 0 amide bonds. The molecule has 1 aliphatic heterocycles. The number of phenols is 1. The molecule has 2 aliphatic rings. The number of benzene rings is 2. The van der Waals surface area contributed by atoms with E-state index in [1.165, 1.54) is 28.9 Å². The first-order chi connectivity index (χ1) is 16.0. The fourth-order valence-corrected chi connectivity index (χ4v) is 5.36. The number of fused-ring (bicyclic) bond motifs is 3. The minimum Gasteiger partial charge on any atom is -0.508 e. The fraction of sp³-hybridized carbons (Fsp3) is 0.231. The lowest BCUT2D eigenvalue weighted by Crippen LogP contribution is -2.14. The summed E-state index contributed by atoms with van der Waals surface area (Å²) in [5.41, 5.74) is 1.21. The van der Waals surface area contributed by atoms with Crippen LogP contribution in [0.15, 0.2) is 30.5 Å². The molecule has 3 atom stereocenters. The van der Waals surface area contributed by atoms with Gasteiger partial charge in [-0.15, -0.1) is 12.8 Å². The van der Waals surface area contributed by atoms with Crippen LogP contribution in [0.5, 0.6) is 5.75 Å². The Hall–Kier alpha value is -3.94. The number of hydrogen-bond acceptors (Lipinski definition) is 4. The Kier molecular flexibility index (Phi) is 4.20. The molecule has 1 aliphatic carbocycles. The predicted octanol–water partition coefficient (Wildman–Crippen LogP) is 3.78. The standard InChI is InChI=1S/C26H18F2N4O/c1-3-7-32-26-19(24(31-32)22-17-10-29-11-18(17)22)12-30-25(23(26)28)16-9-14(33)8-13-5-6-20(27)15(4-2)21(13)16/h1-2,5-6,8-9,12,17-18,22,29,33H,7,10-11H2/t17-,18+,22?. The Bertz CT molecular complexity index is 1550. The van der Waals surface area contributed by atoms with Crippen molar-refractivity contribution in [3.63, 3.8) is 0 Å². The number of nitrogens with one attached hydrogen (secondary N) is 1. The first-order valence-electron chi connectivity index (χ1n) is 10.6. The molecule has 0 radical (unpaired) electrons. The number of pyridine rings is 1. The van der Waals surface area contributed by atoms with Crippen LogP contribution in [-0.4, -0.2) is 33.0 Å². The van der Waals surface area contributed by atoms with E-state index in [4.69, 9.17) is 12.8 Å². The van der Waals surface area contributed by atoms with Crippen LogP contribution in [0, 0.1) is 48.2 Å². The normalized spacial score (nSPS) is 21.2. The molecule has 162 valence electrons. The Morgan fingerprint density at radius 2 is 1.97 bits per heavy atom. The number of rotatable bonds is 3. The number of nitrogens with zero attached hydrogens (tertiary/aromatic N) is 3. The summed E-state index contributed by atoms with van der Waals surface area (Å²) in [7, 11) is 0. The molecule has 2 aromatic carbocycles. The van der Waals surface area contributed by atoms with Crippen LogP contribution in [0.1, 0.15) is 17.2 Å². The quantitative estimate of drug-likeness (QED) is 0.476. The van der Waals surface area contributed by atoms with Crippen LogP contribution in [0.3, 0.4) is 0 Å². The van der Waals surface area contributed by atoms with Crippen molar-refractivity contribution in [2.24, 2.45) is 11.8 Å². The van der Waals surface area contributed by atoms with E-state index in [0.717, 1.165) is 18.8 Å². The van der Waals surface area contributed by atoms with Crippen molar-refractivity contribution in [3.8, 4) is 41.7 Å². The van der Waals surface area contributed by atoms with Gasteiger partial charge in [0.25, 0.3) is 0 Å². The lowest BCUT2D eigenvalue weighted by Gasteiger charge is -2.12. The third-order valence-corrected chi connectivity index (χ3v) is 6.86. The van der Waals surface area contributed by atoms with Crippen LogP contribution < -0.4 is 5.32 Å². The molecular formula is C26H18F2N4O. The Morgan fingerprint density at radius 1 is 1.18 bits per heavy atom. The van der Waals surface area contributed by atoms with E-state index in [1.807, 2.05) is 0 Å². The molecular weight excluding hydrogens is 422 g/mol. The molecule has 1 saturated heterocycles. The summed E-state index contributed by atoms with van der Waals surface area (Å²) in [4.78, 5) is 4.41. The topological polar surface area (TPSA) is 63.0 Å². The summed E-state index contributed by atoms with van der Waals surface area (Å²) >= 11 is 0. The second-order valence-corrected chi connectivity index (χ2v) is 8.60. The van der Waals surface area contributed by atoms with Gasteiger partial charge in [-0.3, -0.25) is 4.98 Å². The van der Waals surface area contributed by atoms with E-state index in [-0.39, 0.29) is 40.5 Å². The molecule has 33 heavy (non-hydrogen) atoms. The average molecular weight is 440 g/mol. The van der Waals surface area contributed by atoms with Crippen molar-refractivity contribution in [2.75, 3.05) is 13.1 Å². The molecule has 0 bridgehead atoms. The molecule has 4 aromatic rings. The molecule has 2 fully saturated rings. The van der Waals surface area contributed by atoms with Gasteiger partial charge in [0.15, 0.2) is 5.82 Å². The van der Waals surface area contributed by atoms with Crippen molar-refractivity contribution >= 4 is 21.7 Å². The highest BCUT2D eigenvalue weighted by Crippen LogP contribution is 2.56. The smallest absolute Gasteiger partial charge is 0.175 e. The first kappa shape index (κ1) is 19.7. The molecule has 3 heterocycles. The van der Waals surface area contributed by atoms with E-state index in [2.05, 4.69) is 27.2 Å². The lowest BCUT2D eigenvalue weighted by molar-refractivity contribution is 0.476. The van der Waals surface area contributed by atoms with Gasteiger partial charge in [0.1, 0.15) is 29.3 Å². The number of aromatic nitrogens is 3. The fourth-order valence-electron chi connectivity index (χ4n) is 5.36. The van der Waals surface area contributed by atoms with Crippen LogP contribution in [0.4, 0.5) is 8.78 Å². The zero-order valence-electron chi connectivity index (χ0n) is 17.4. The number of terminal acetylenes is 2.